The Morgan fingerprint density at radius 1 is 1.35 bits per heavy atom. The van der Waals surface area contributed by atoms with Crippen LogP contribution in [0.15, 0.2) is 42.7 Å². The lowest BCUT2D eigenvalue weighted by atomic mass is 10.1. The molecule has 2 aromatic rings. The summed E-state index contributed by atoms with van der Waals surface area (Å²) in [6.45, 7) is 7.17. The SMILES string of the molecule is CC1CN(C(=O)Nc2ccc(-n3cccn3)cc2)CC(C)(C)O1. The van der Waals surface area contributed by atoms with Gasteiger partial charge in [0.2, 0.25) is 0 Å². The molecule has 0 spiro atoms. The molecule has 1 aliphatic rings. The predicted molar refractivity (Wildman–Crippen MR) is 88.8 cm³/mol. The van der Waals surface area contributed by atoms with Crippen LogP contribution in [0.1, 0.15) is 20.8 Å². The average Bonchev–Trinajstić information content (AvgIpc) is 3.00. The predicted octanol–water partition coefficient (Wildman–Crippen LogP) is 2.90. The molecule has 1 N–H and O–H groups in total. The van der Waals surface area contributed by atoms with E-state index in [-0.39, 0.29) is 17.7 Å². The molecule has 23 heavy (non-hydrogen) atoms. The Hall–Kier alpha value is -2.34. The van der Waals surface area contributed by atoms with E-state index in [0.717, 1.165) is 11.4 Å². The molecular weight excluding hydrogens is 292 g/mol. The number of benzene rings is 1. The van der Waals surface area contributed by atoms with Gasteiger partial charge in [0.15, 0.2) is 0 Å². The number of nitrogens with one attached hydrogen (secondary N) is 1. The van der Waals surface area contributed by atoms with E-state index in [1.165, 1.54) is 0 Å². The highest BCUT2D eigenvalue weighted by molar-refractivity contribution is 5.89. The number of ether oxygens (including phenoxy) is 1. The summed E-state index contributed by atoms with van der Waals surface area (Å²) in [4.78, 5) is 14.3. The number of rotatable bonds is 2. The first kappa shape index (κ1) is 15.6. The molecular formula is C17H22N4O2. The molecule has 0 saturated carbocycles. The zero-order valence-electron chi connectivity index (χ0n) is 13.7. The number of carbonyl (C=O) groups is 1. The van der Waals surface area contributed by atoms with Gasteiger partial charge in [0.25, 0.3) is 0 Å². The normalized spacial score (nSPS) is 20.3. The number of anilines is 1. The Balaban J connectivity index is 1.66. The maximum absolute atomic E-state index is 12.5. The molecule has 0 radical (unpaired) electrons. The highest BCUT2D eigenvalue weighted by atomic mass is 16.5. The molecule has 6 heteroatoms. The lowest BCUT2D eigenvalue weighted by molar-refractivity contribution is -0.116. The molecule has 1 unspecified atom stereocenters. The van der Waals surface area contributed by atoms with Gasteiger partial charge in [0.05, 0.1) is 23.9 Å². The van der Waals surface area contributed by atoms with E-state index >= 15 is 0 Å². The van der Waals surface area contributed by atoms with Crippen LogP contribution in [-0.4, -0.2) is 45.5 Å². The third-order valence-electron chi connectivity index (χ3n) is 3.74. The van der Waals surface area contributed by atoms with Crippen molar-refractivity contribution in [3.8, 4) is 5.69 Å². The van der Waals surface area contributed by atoms with Crippen LogP contribution in [0.4, 0.5) is 10.5 Å². The Morgan fingerprint density at radius 3 is 2.70 bits per heavy atom. The van der Waals surface area contributed by atoms with Gasteiger partial charge < -0.3 is 15.0 Å². The van der Waals surface area contributed by atoms with Crippen LogP contribution in [0.2, 0.25) is 0 Å². The van der Waals surface area contributed by atoms with Gasteiger partial charge in [-0.3, -0.25) is 0 Å². The van der Waals surface area contributed by atoms with E-state index in [2.05, 4.69) is 10.4 Å². The largest absolute Gasteiger partial charge is 0.369 e. The fourth-order valence-electron chi connectivity index (χ4n) is 2.93. The number of amides is 2. The molecule has 2 heterocycles. The summed E-state index contributed by atoms with van der Waals surface area (Å²) in [5.41, 5.74) is 1.40. The smallest absolute Gasteiger partial charge is 0.322 e. The van der Waals surface area contributed by atoms with Gasteiger partial charge in [0, 0.05) is 24.6 Å². The molecule has 1 aromatic heterocycles. The molecule has 122 valence electrons. The number of urea groups is 1. The topological polar surface area (TPSA) is 59.4 Å². The number of nitrogens with zero attached hydrogens (tertiary/aromatic N) is 3. The van der Waals surface area contributed by atoms with Crippen molar-refractivity contribution in [1.82, 2.24) is 14.7 Å². The summed E-state index contributed by atoms with van der Waals surface area (Å²) >= 11 is 0. The first-order valence-electron chi connectivity index (χ1n) is 7.77. The molecule has 1 saturated heterocycles. The summed E-state index contributed by atoms with van der Waals surface area (Å²) in [7, 11) is 0. The minimum absolute atomic E-state index is 0.0340. The number of aromatic nitrogens is 2. The molecule has 1 aromatic carbocycles. The number of hydrogen-bond donors (Lipinski definition) is 1. The highest BCUT2D eigenvalue weighted by Crippen LogP contribution is 2.21. The van der Waals surface area contributed by atoms with Gasteiger partial charge in [-0.25, -0.2) is 9.48 Å². The van der Waals surface area contributed by atoms with E-state index in [9.17, 15) is 4.79 Å². The Labute approximate surface area is 136 Å². The number of morpholine rings is 1. The van der Waals surface area contributed by atoms with Crippen molar-refractivity contribution in [1.29, 1.82) is 0 Å². The summed E-state index contributed by atoms with van der Waals surface area (Å²) in [6, 6.07) is 9.38. The van der Waals surface area contributed by atoms with E-state index < -0.39 is 0 Å². The zero-order valence-corrected chi connectivity index (χ0v) is 13.7. The molecule has 1 aliphatic heterocycles. The fourth-order valence-corrected chi connectivity index (χ4v) is 2.93. The minimum Gasteiger partial charge on any atom is -0.369 e. The van der Waals surface area contributed by atoms with Crippen LogP contribution in [0.25, 0.3) is 5.69 Å². The van der Waals surface area contributed by atoms with E-state index in [1.807, 2.05) is 57.3 Å². The molecule has 1 atom stereocenters. The molecule has 0 aliphatic carbocycles. The number of carbonyl (C=O) groups excluding carboxylic acids is 1. The van der Waals surface area contributed by atoms with Crippen LogP contribution < -0.4 is 5.32 Å². The van der Waals surface area contributed by atoms with Crippen molar-refractivity contribution >= 4 is 11.7 Å². The third-order valence-corrected chi connectivity index (χ3v) is 3.74. The molecule has 6 nitrogen and oxygen atoms in total. The number of hydrogen-bond acceptors (Lipinski definition) is 3. The van der Waals surface area contributed by atoms with Crippen LogP contribution in [0, 0.1) is 0 Å². The summed E-state index contributed by atoms with van der Waals surface area (Å²) in [5.74, 6) is 0. The lowest BCUT2D eigenvalue weighted by Gasteiger charge is -2.41. The van der Waals surface area contributed by atoms with Gasteiger partial charge in [-0.05, 0) is 51.1 Å². The maximum Gasteiger partial charge on any atom is 0.322 e. The molecule has 0 bridgehead atoms. The zero-order chi connectivity index (χ0) is 16.4. The van der Waals surface area contributed by atoms with Crippen LogP contribution >= 0.6 is 0 Å². The summed E-state index contributed by atoms with van der Waals surface area (Å²) in [5, 5.41) is 7.13. The maximum atomic E-state index is 12.5. The van der Waals surface area contributed by atoms with Crippen LogP contribution in [0.3, 0.4) is 0 Å². The van der Waals surface area contributed by atoms with Crippen LogP contribution in [-0.2, 0) is 4.74 Å². The van der Waals surface area contributed by atoms with Crippen molar-refractivity contribution in [3.63, 3.8) is 0 Å². The molecule has 1 fully saturated rings. The summed E-state index contributed by atoms with van der Waals surface area (Å²) < 4.78 is 7.61. The lowest BCUT2D eigenvalue weighted by Crippen LogP contribution is -2.54. The van der Waals surface area contributed by atoms with Crippen molar-refractivity contribution in [2.75, 3.05) is 18.4 Å². The van der Waals surface area contributed by atoms with E-state index in [4.69, 9.17) is 4.74 Å². The van der Waals surface area contributed by atoms with E-state index in [0.29, 0.717) is 13.1 Å². The van der Waals surface area contributed by atoms with Gasteiger partial charge in [0.1, 0.15) is 0 Å². The van der Waals surface area contributed by atoms with Crippen molar-refractivity contribution in [2.24, 2.45) is 0 Å². The van der Waals surface area contributed by atoms with Crippen molar-refractivity contribution in [3.05, 3.63) is 42.7 Å². The Morgan fingerprint density at radius 2 is 2.09 bits per heavy atom. The average molecular weight is 314 g/mol. The van der Waals surface area contributed by atoms with Gasteiger partial charge in [-0.15, -0.1) is 0 Å². The Kier molecular flexibility index (Phi) is 4.09. The first-order valence-corrected chi connectivity index (χ1v) is 7.77. The van der Waals surface area contributed by atoms with Crippen molar-refractivity contribution in [2.45, 2.75) is 32.5 Å². The standard InChI is InChI=1S/C17H22N4O2/c1-13-11-20(12-17(2,3)23-13)16(22)19-14-5-7-15(8-6-14)21-10-4-9-18-21/h4-10,13H,11-12H2,1-3H3,(H,19,22). The fraction of sp³-hybridized carbons (Fsp3) is 0.412. The first-order chi connectivity index (χ1) is 10.9. The summed E-state index contributed by atoms with van der Waals surface area (Å²) in [6.07, 6.45) is 3.65. The Bertz CT molecular complexity index is 664. The highest BCUT2D eigenvalue weighted by Gasteiger charge is 2.33. The third kappa shape index (κ3) is 3.71. The second kappa shape index (κ2) is 6.04. The monoisotopic (exact) mass is 314 g/mol. The second-order valence-electron chi connectivity index (χ2n) is 6.50. The molecule has 2 amide bonds. The minimum atomic E-state index is -0.320. The quantitative estimate of drug-likeness (QED) is 0.927. The second-order valence-corrected chi connectivity index (χ2v) is 6.50. The van der Waals surface area contributed by atoms with Crippen molar-refractivity contribution < 1.29 is 9.53 Å². The molecule has 3 rings (SSSR count). The van der Waals surface area contributed by atoms with Gasteiger partial charge >= 0.3 is 6.03 Å². The van der Waals surface area contributed by atoms with E-state index in [1.54, 1.807) is 15.8 Å². The van der Waals surface area contributed by atoms with Gasteiger partial charge in [-0.1, -0.05) is 0 Å². The van der Waals surface area contributed by atoms with Crippen LogP contribution in [0.5, 0.6) is 0 Å². The van der Waals surface area contributed by atoms with Gasteiger partial charge in [-0.2, -0.15) is 5.10 Å².